The molecule has 0 aromatic carbocycles. The van der Waals surface area contributed by atoms with Gasteiger partial charge in [-0.15, -0.1) is 0 Å². The van der Waals surface area contributed by atoms with Gasteiger partial charge < -0.3 is 45.2 Å². The van der Waals surface area contributed by atoms with Gasteiger partial charge in [0.1, 0.15) is 30.7 Å². The monoisotopic (exact) mass is 965 g/mol. The first-order valence-corrected chi connectivity index (χ1v) is 23.6. The van der Waals surface area contributed by atoms with Crippen LogP contribution in [0.5, 0.6) is 0 Å². The first-order valence-electron chi connectivity index (χ1n) is 16.8. The normalized spacial score (nSPS) is 21.3. The summed E-state index contributed by atoms with van der Waals surface area (Å²) in [6, 6.07) is 0. The number of thioether (sulfide) groups is 1. The predicted molar refractivity (Wildman–Crippen MR) is 201 cm³/mol. The Bertz CT molecular complexity index is 1950. The maximum atomic E-state index is 12.7. The van der Waals surface area contributed by atoms with E-state index >= 15 is 0 Å². The Morgan fingerprint density at radius 3 is 2.41 bits per heavy atom. The van der Waals surface area contributed by atoms with Crippen molar-refractivity contribution in [2.75, 3.05) is 37.4 Å². The van der Waals surface area contributed by atoms with E-state index in [1.807, 2.05) is 0 Å². The molecule has 3 rings (SSSR count). The van der Waals surface area contributed by atoms with Crippen molar-refractivity contribution in [3.05, 3.63) is 24.8 Å². The molecule has 25 nitrogen and oxygen atoms in total. The van der Waals surface area contributed by atoms with Crippen molar-refractivity contribution < 1.29 is 85.3 Å². The molecular weight excluding hydrogens is 922 g/mol. The zero-order chi connectivity index (χ0) is 43.5. The van der Waals surface area contributed by atoms with E-state index in [2.05, 4.69) is 56.6 Å². The van der Waals surface area contributed by atoms with Crippen LogP contribution in [0.3, 0.4) is 0 Å². The van der Waals surface area contributed by atoms with Crippen molar-refractivity contribution in [1.29, 1.82) is 0 Å². The van der Waals surface area contributed by atoms with Crippen LogP contribution in [-0.2, 0) is 55.5 Å². The zero-order valence-corrected chi connectivity index (χ0v) is 36.3. The van der Waals surface area contributed by atoms with Crippen molar-refractivity contribution in [3.63, 3.8) is 0 Å². The SMILES string of the molecule is CC(=O)Nc1ncnc2c1ncn2[C@@H]1O[C@H](COP(=O)(O)OP(=O)(O)OCC(C)(C)[C@@H](O)C(=O)NCCC(=O)NCCSC(=O)C=CCC[As])[C@@H](OP(=O)(O)O)[C@H]1O. The van der Waals surface area contributed by atoms with E-state index in [1.165, 1.54) is 26.8 Å². The Labute approximate surface area is 343 Å². The minimum Gasteiger partial charge on any atom is -0.386 e. The molecule has 2 aromatic rings. The van der Waals surface area contributed by atoms with Gasteiger partial charge in [0, 0.05) is 12.3 Å². The number of carbonyl (C=O) groups excluding carboxylic acids is 4. The second kappa shape index (κ2) is 21.9. The molecule has 1 fully saturated rings. The molecule has 2 unspecified atom stereocenters. The fraction of sp³-hybridized carbons (Fsp3) is 0.607. The maximum Gasteiger partial charge on any atom is 0.470 e. The van der Waals surface area contributed by atoms with Gasteiger partial charge in [-0.1, -0.05) is 13.8 Å². The molecule has 0 saturated carbocycles. The molecule has 7 atom stereocenters. The molecule has 1 aliphatic heterocycles. The van der Waals surface area contributed by atoms with Crippen molar-refractivity contribution >= 4 is 91.9 Å². The molecule has 9 N–H and O–H groups in total. The Morgan fingerprint density at radius 2 is 1.76 bits per heavy atom. The molecule has 1 saturated heterocycles. The summed E-state index contributed by atoms with van der Waals surface area (Å²) < 4.78 is 62.3. The zero-order valence-electron chi connectivity index (χ0n) is 30.9. The summed E-state index contributed by atoms with van der Waals surface area (Å²) in [7, 11) is -16.5. The number of hydrogen-bond donors (Lipinski definition) is 9. The number of hydrogen-bond acceptors (Lipinski definition) is 18. The number of aromatic nitrogens is 4. The largest absolute Gasteiger partial charge is 0.470 e. The summed E-state index contributed by atoms with van der Waals surface area (Å²) >= 11 is 3.42. The van der Waals surface area contributed by atoms with Crippen LogP contribution < -0.4 is 16.0 Å². The van der Waals surface area contributed by atoms with E-state index in [4.69, 9.17) is 13.8 Å². The number of phosphoric acid groups is 3. The van der Waals surface area contributed by atoms with Crippen LogP contribution in [0.4, 0.5) is 5.82 Å². The van der Waals surface area contributed by atoms with Crippen molar-refractivity contribution in [1.82, 2.24) is 30.2 Å². The average Bonchev–Trinajstić information content (AvgIpc) is 3.67. The van der Waals surface area contributed by atoms with E-state index in [1.54, 1.807) is 6.08 Å². The van der Waals surface area contributed by atoms with Gasteiger partial charge in [-0.05, 0) is 0 Å². The van der Waals surface area contributed by atoms with E-state index in [0.29, 0.717) is 5.75 Å². The smallest absolute Gasteiger partial charge is 0.386 e. The number of imidazole rings is 1. The van der Waals surface area contributed by atoms with Gasteiger partial charge in [0.05, 0.1) is 19.5 Å². The standard InChI is InChI=1S/C28H43AsN7O18P3S/c1-16(37)35-24-20-25(33-14-32-24)36(15-34-20)27-21(40)22(53-55(43,44)45)17(52-27)12-50-56(46,47)54-57(48,49)51-13-28(2,3)23(41)26(42)31-9-7-18(38)30-10-11-58-19(39)6-4-5-8-29/h4,6,14-15,17,21-23,27,40-41H,5,7-13H2,1-3H3,(H,30,38)(H,31,42)(H,46,47)(H,48,49)(H2,43,44,45)(H,32,33,35,37)/t17-,21-,22-,23+,27-/m1/s1. The van der Waals surface area contributed by atoms with E-state index in [-0.39, 0.29) is 41.6 Å². The van der Waals surface area contributed by atoms with Crippen molar-refractivity contribution in [2.24, 2.45) is 5.41 Å². The Balaban J connectivity index is 1.53. The summed E-state index contributed by atoms with van der Waals surface area (Å²) in [5, 5.41) is 29.6. The van der Waals surface area contributed by atoms with Crippen LogP contribution >= 0.6 is 35.2 Å². The Hall–Kier alpha value is -2.47. The summed E-state index contributed by atoms with van der Waals surface area (Å²) in [6.07, 6.45) is -3.25. The van der Waals surface area contributed by atoms with Gasteiger partial charge in [-0.2, -0.15) is 4.31 Å². The molecule has 0 spiro atoms. The number of carbonyl (C=O) groups is 4. The minimum absolute atomic E-state index is 0.0216. The number of nitrogens with one attached hydrogen (secondary N) is 3. The number of aliphatic hydroxyl groups excluding tert-OH is 2. The Morgan fingerprint density at radius 1 is 1.07 bits per heavy atom. The molecule has 2 radical (unpaired) electrons. The predicted octanol–water partition coefficient (Wildman–Crippen LogP) is -0.426. The third-order valence-corrected chi connectivity index (χ3v) is 12.0. The van der Waals surface area contributed by atoms with E-state index in [0.717, 1.165) is 40.6 Å². The number of phosphoric ester groups is 3. The van der Waals surface area contributed by atoms with E-state index < -0.39 is 90.5 Å². The van der Waals surface area contributed by atoms with Crippen LogP contribution in [0.1, 0.15) is 39.8 Å². The molecule has 58 heavy (non-hydrogen) atoms. The number of allylic oxidation sites excluding steroid dienone is 1. The van der Waals surface area contributed by atoms with Crippen molar-refractivity contribution in [3.8, 4) is 0 Å². The van der Waals surface area contributed by atoms with E-state index in [9.17, 15) is 62.7 Å². The average molecular weight is 966 g/mol. The van der Waals surface area contributed by atoms with Gasteiger partial charge in [0.2, 0.25) is 11.8 Å². The number of aliphatic hydroxyl groups is 2. The summed E-state index contributed by atoms with van der Waals surface area (Å²) in [5.74, 6) is -1.63. The van der Waals surface area contributed by atoms with Gasteiger partial charge in [-0.3, -0.25) is 27.7 Å². The fourth-order valence-corrected chi connectivity index (χ4v) is 8.56. The first kappa shape index (κ1) is 49.9. The minimum atomic E-state index is -5.60. The molecule has 30 heteroatoms. The molecule has 0 bridgehead atoms. The number of ether oxygens (including phenoxy) is 1. The fourth-order valence-electron chi connectivity index (χ4n) is 4.82. The number of anilines is 1. The maximum absolute atomic E-state index is 12.7. The number of amides is 3. The molecular formula is C28H43AsN7O18P3S. The van der Waals surface area contributed by atoms with Gasteiger partial charge in [0.25, 0.3) is 0 Å². The molecule has 0 aliphatic carbocycles. The number of fused-ring (bicyclic) bond motifs is 1. The summed E-state index contributed by atoms with van der Waals surface area (Å²) in [5.41, 5.74) is -1.64. The van der Waals surface area contributed by atoms with Gasteiger partial charge >= 0.3 is 127 Å². The topological polar surface area (TPSA) is 367 Å². The molecule has 324 valence electrons. The molecule has 1 aliphatic rings. The second-order valence-electron chi connectivity index (χ2n) is 12.8. The second-order valence-corrected chi connectivity index (χ2v) is 19.1. The summed E-state index contributed by atoms with van der Waals surface area (Å²) in [4.78, 5) is 99.2. The van der Waals surface area contributed by atoms with Crippen LogP contribution in [-0.4, -0.2) is 145 Å². The van der Waals surface area contributed by atoms with Crippen LogP contribution in [0.25, 0.3) is 11.2 Å². The molecule has 3 amide bonds. The van der Waals surface area contributed by atoms with Crippen LogP contribution in [0, 0.1) is 5.41 Å². The molecule has 3 heterocycles. The third-order valence-electron chi connectivity index (χ3n) is 7.56. The van der Waals surface area contributed by atoms with Gasteiger partial charge in [0.15, 0.2) is 23.2 Å². The Kier molecular flexibility index (Phi) is 18.8. The van der Waals surface area contributed by atoms with Crippen LogP contribution in [0.15, 0.2) is 24.8 Å². The van der Waals surface area contributed by atoms with Crippen molar-refractivity contribution in [2.45, 2.75) is 69.5 Å². The first-order chi connectivity index (χ1) is 26.9. The number of rotatable bonds is 23. The molecule has 2 aromatic heterocycles. The third kappa shape index (κ3) is 15.9. The summed E-state index contributed by atoms with van der Waals surface area (Å²) in [6.45, 7) is 1.61. The number of nitrogens with zero attached hydrogens (tertiary/aromatic N) is 4. The van der Waals surface area contributed by atoms with Crippen LogP contribution in [0.2, 0.25) is 5.21 Å². The quantitative estimate of drug-likeness (QED) is 0.0295. The van der Waals surface area contributed by atoms with Gasteiger partial charge in [-0.25, -0.2) is 28.6 Å².